The van der Waals surface area contributed by atoms with Crippen molar-refractivity contribution in [2.75, 3.05) is 26.9 Å². The highest BCUT2D eigenvalue weighted by Crippen LogP contribution is 2.16. The first-order valence-electron chi connectivity index (χ1n) is 8.58. The Morgan fingerprint density at radius 2 is 1.74 bits per heavy atom. The van der Waals surface area contributed by atoms with Gasteiger partial charge in [0.15, 0.2) is 0 Å². The summed E-state index contributed by atoms with van der Waals surface area (Å²) in [5.41, 5.74) is 0.830. The van der Waals surface area contributed by atoms with E-state index in [0.717, 1.165) is 21.8 Å². The SMILES string of the molecule is CCCCN1C(=O)C(=O)N(CN(CC(=O)OC)Cc2ccc(Cl)cc2)C1=O. The summed E-state index contributed by atoms with van der Waals surface area (Å²) < 4.78 is 4.68. The highest BCUT2D eigenvalue weighted by atomic mass is 35.5. The number of carbonyl (C=O) groups is 4. The molecule has 0 aliphatic carbocycles. The molecule has 0 aromatic heterocycles. The van der Waals surface area contributed by atoms with Crippen molar-refractivity contribution in [3.8, 4) is 0 Å². The lowest BCUT2D eigenvalue weighted by Gasteiger charge is -2.25. The third-order valence-electron chi connectivity index (χ3n) is 4.11. The molecule has 2 rings (SSSR count). The fraction of sp³-hybridized carbons (Fsp3) is 0.444. The number of nitrogens with zero attached hydrogens (tertiary/aromatic N) is 3. The van der Waals surface area contributed by atoms with Gasteiger partial charge in [0.2, 0.25) is 0 Å². The third-order valence-corrected chi connectivity index (χ3v) is 4.36. The van der Waals surface area contributed by atoms with E-state index >= 15 is 0 Å². The largest absolute Gasteiger partial charge is 0.468 e. The number of ether oxygens (including phenoxy) is 1. The Labute approximate surface area is 162 Å². The number of halogens is 1. The van der Waals surface area contributed by atoms with E-state index in [1.165, 1.54) is 7.11 Å². The average molecular weight is 396 g/mol. The number of esters is 1. The number of hydrogen-bond donors (Lipinski definition) is 0. The summed E-state index contributed by atoms with van der Waals surface area (Å²) in [6, 6.07) is 6.30. The summed E-state index contributed by atoms with van der Waals surface area (Å²) >= 11 is 5.88. The number of urea groups is 1. The Morgan fingerprint density at radius 1 is 1.11 bits per heavy atom. The smallest absolute Gasteiger partial charge is 0.335 e. The zero-order chi connectivity index (χ0) is 20.0. The van der Waals surface area contributed by atoms with Crippen LogP contribution in [-0.2, 0) is 25.7 Å². The molecule has 0 N–H and O–H groups in total. The minimum atomic E-state index is -0.887. The van der Waals surface area contributed by atoms with Gasteiger partial charge in [-0.25, -0.2) is 9.69 Å². The lowest BCUT2D eigenvalue weighted by atomic mass is 10.2. The maximum Gasteiger partial charge on any atom is 0.335 e. The fourth-order valence-corrected chi connectivity index (χ4v) is 2.77. The fourth-order valence-electron chi connectivity index (χ4n) is 2.64. The molecular weight excluding hydrogens is 374 g/mol. The van der Waals surface area contributed by atoms with Crippen LogP contribution >= 0.6 is 11.6 Å². The Bertz CT molecular complexity index is 722. The summed E-state index contributed by atoms with van der Waals surface area (Å²) in [5.74, 6) is -2.24. The Morgan fingerprint density at radius 3 is 2.33 bits per heavy atom. The first-order valence-corrected chi connectivity index (χ1v) is 8.96. The third kappa shape index (κ3) is 5.27. The molecule has 0 bridgehead atoms. The van der Waals surface area contributed by atoms with Gasteiger partial charge in [-0.2, -0.15) is 0 Å². The van der Waals surface area contributed by atoms with Crippen molar-refractivity contribution in [3.05, 3.63) is 34.9 Å². The van der Waals surface area contributed by atoms with Gasteiger partial charge in [0.1, 0.15) is 0 Å². The van der Waals surface area contributed by atoms with Crippen LogP contribution in [0.2, 0.25) is 5.02 Å². The van der Waals surface area contributed by atoms with Crippen molar-refractivity contribution in [2.45, 2.75) is 26.3 Å². The topological polar surface area (TPSA) is 87.2 Å². The molecule has 1 saturated heterocycles. The second-order valence-electron chi connectivity index (χ2n) is 6.16. The van der Waals surface area contributed by atoms with Crippen molar-refractivity contribution < 1.29 is 23.9 Å². The van der Waals surface area contributed by atoms with Gasteiger partial charge >= 0.3 is 23.8 Å². The maximum absolute atomic E-state index is 12.5. The lowest BCUT2D eigenvalue weighted by Crippen LogP contribution is -2.44. The summed E-state index contributed by atoms with van der Waals surface area (Å²) in [5, 5.41) is 0.570. The molecule has 1 aliphatic heterocycles. The molecule has 1 aromatic carbocycles. The van der Waals surface area contributed by atoms with E-state index in [1.54, 1.807) is 29.2 Å². The Kier molecular flexibility index (Phi) is 7.32. The van der Waals surface area contributed by atoms with Crippen molar-refractivity contribution in [2.24, 2.45) is 0 Å². The van der Waals surface area contributed by atoms with Gasteiger partial charge in [0, 0.05) is 18.1 Å². The van der Waals surface area contributed by atoms with E-state index in [2.05, 4.69) is 4.74 Å². The number of rotatable bonds is 9. The van der Waals surface area contributed by atoms with Crippen LogP contribution in [0.3, 0.4) is 0 Å². The number of benzene rings is 1. The number of imide groups is 2. The number of unbranched alkanes of at least 4 members (excludes halogenated alkanes) is 1. The molecule has 0 atom stereocenters. The normalized spacial score (nSPS) is 14.4. The number of methoxy groups -OCH3 is 1. The Balaban J connectivity index is 2.14. The quantitative estimate of drug-likeness (QED) is 0.360. The van der Waals surface area contributed by atoms with Gasteiger partial charge in [-0.3, -0.25) is 24.2 Å². The van der Waals surface area contributed by atoms with E-state index in [1.807, 2.05) is 6.92 Å². The molecule has 4 amide bonds. The highest BCUT2D eigenvalue weighted by molar-refractivity contribution is 6.44. The van der Waals surface area contributed by atoms with Gasteiger partial charge in [-0.05, 0) is 24.1 Å². The molecule has 8 nitrogen and oxygen atoms in total. The van der Waals surface area contributed by atoms with Gasteiger partial charge in [0.05, 0.1) is 20.3 Å². The predicted molar refractivity (Wildman–Crippen MR) is 97.6 cm³/mol. The first kappa shape index (κ1) is 20.9. The van der Waals surface area contributed by atoms with E-state index in [0.29, 0.717) is 11.4 Å². The standard InChI is InChI=1S/C18H22ClN3O5/c1-3-4-9-21-16(24)17(25)22(18(21)26)12-20(11-15(23)27-2)10-13-5-7-14(19)8-6-13/h5-8H,3-4,9-12H2,1-2H3. The van der Waals surface area contributed by atoms with E-state index in [9.17, 15) is 19.2 Å². The van der Waals surface area contributed by atoms with E-state index < -0.39 is 23.8 Å². The summed E-state index contributed by atoms with van der Waals surface area (Å²) in [7, 11) is 1.25. The minimum Gasteiger partial charge on any atom is -0.468 e. The average Bonchev–Trinajstić information content (AvgIpc) is 2.85. The first-order chi connectivity index (χ1) is 12.9. The van der Waals surface area contributed by atoms with Gasteiger partial charge in [-0.1, -0.05) is 37.1 Å². The van der Waals surface area contributed by atoms with Crippen molar-refractivity contribution >= 4 is 35.4 Å². The molecule has 146 valence electrons. The van der Waals surface area contributed by atoms with Gasteiger partial charge in [-0.15, -0.1) is 0 Å². The van der Waals surface area contributed by atoms with Gasteiger partial charge < -0.3 is 4.74 Å². The highest BCUT2D eigenvalue weighted by Gasteiger charge is 2.44. The minimum absolute atomic E-state index is 0.140. The monoisotopic (exact) mass is 395 g/mol. The molecule has 1 heterocycles. The van der Waals surface area contributed by atoms with Crippen LogP contribution in [0.1, 0.15) is 25.3 Å². The zero-order valence-corrected chi connectivity index (χ0v) is 16.1. The Hall–Kier alpha value is -2.45. The van der Waals surface area contributed by atoms with E-state index in [-0.39, 0.29) is 26.3 Å². The van der Waals surface area contributed by atoms with Crippen LogP contribution in [-0.4, -0.2) is 65.4 Å². The molecule has 1 aromatic rings. The van der Waals surface area contributed by atoms with Gasteiger partial charge in [0.25, 0.3) is 0 Å². The predicted octanol–water partition coefficient (Wildman–Crippen LogP) is 1.86. The zero-order valence-electron chi connectivity index (χ0n) is 15.3. The summed E-state index contributed by atoms with van der Waals surface area (Å²) in [6.45, 7) is 2.06. The van der Waals surface area contributed by atoms with Crippen LogP contribution in [0, 0.1) is 0 Å². The van der Waals surface area contributed by atoms with E-state index in [4.69, 9.17) is 11.6 Å². The lowest BCUT2D eigenvalue weighted by molar-refractivity contribution is -0.145. The molecular formula is C18H22ClN3O5. The van der Waals surface area contributed by atoms with Crippen LogP contribution in [0.15, 0.2) is 24.3 Å². The number of hydrogen-bond acceptors (Lipinski definition) is 6. The van der Waals surface area contributed by atoms with Crippen LogP contribution in [0.5, 0.6) is 0 Å². The van der Waals surface area contributed by atoms with Crippen LogP contribution in [0.4, 0.5) is 4.79 Å². The number of carbonyl (C=O) groups excluding carboxylic acids is 4. The molecule has 1 fully saturated rings. The molecule has 0 unspecified atom stereocenters. The molecule has 0 saturated carbocycles. The molecule has 9 heteroatoms. The number of amides is 4. The maximum atomic E-state index is 12.5. The molecule has 0 spiro atoms. The summed E-state index contributed by atoms with van der Waals surface area (Å²) in [6.07, 6.45) is 1.41. The summed E-state index contributed by atoms with van der Waals surface area (Å²) in [4.78, 5) is 51.9. The molecule has 1 aliphatic rings. The van der Waals surface area contributed by atoms with Crippen molar-refractivity contribution in [3.63, 3.8) is 0 Å². The van der Waals surface area contributed by atoms with Crippen molar-refractivity contribution in [1.29, 1.82) is 0 Å². The van der Waals surface area contributed by atoms with Crippen LogP contribution < -0.4 is 0 Å². The second-order valence-corrected chi connectivity index (χ2v) is 6.59. The molecule has 27 heavy (non-hydrogen) atoms. The van der Waals surface area contributed by atoms with Crippen LogP contribution in [0.25, 0.3) is 0 Å². The second kappa shape index (κ2) is 9.48. The molecule has 0 radical (unpaired) electrons. The van der Waals surface area contributed by atoms with Crippen molar-refractivity contribution in [1.82, 2.24) is 14.7 Å².